The molecule has 0 amide bonds. The number of rotatable bonds is 5. The van der Waals surface area contributed by atoms with Crippen LogP contribution < -0.4 is 0 Å². The topological polar surface area (TPSA) is 3.24 Å². The van der Waals surface area contributed by atoms with Crippen molar-refractivity contribution in [3.05, 3.63) is 0 Å². The Hall–Kier alpha value is 0.177. The van der Waals surface area contributed by atoms with Crippen LogP contribution >= 0.6 is 0 Å². The Balaban J connectivity index is 3.58. The molecule has 1 nitrogen and oxygen atoms in total. The van der Waals surface area contributed by atoms with Gasteiger partial charge in [0.2, 0.25) is 0 Å². The molecule has 0 rings (SSSR count). The van der Waals surface area contributed by atoms with Crippen molar-refractivity contribution in [3.8, 4) is 0 Å². The van der Waals surface area contributed by atoms with Gasteiger partial charge in [-0.05, 0) is 18.0 Å². The van der Waals surface area contributed by atoms with E-state index in [2.05, 4.69) is 32.6 Å². The minimum Gasteiger partial charge on any atom is -0.307 e. The molecule has 0 heterocycles. The normalized spacial score (nSPS) is 12.3. The number of hydrogen-bond donors (Lipinski definition) is 0. The third kappa shape index (κ3) is 6.57. The van der Waals surface area contributed by atoms with Gasteiger partial charge in [0.05, 0.1) is 0 Å². The van der Waals surface area contributed by atoms with Gasteiger partial charge < -0.3 is 4.90 Å². The van der Waals surface area contributed by atoms with Crippen LogP contribution in [0.3, 0.4) is 0 Å². The highest BCUT2D eigenvalue weighted by molar-refractivity contribution is 6.08. The first-order valence-corrected chi connectivity index (χ1v) is 6.20. The zero-order chi connectivity index (χ0) is 8.85. The first-order chi connectivity index (χ1) is 5.06. The summed E-state index contributed by atoms with van der Waals surface area (Å²) in [6.45, 7) is 11.7. The van der Waals surface area contributed by atoms with Gasteiger partial charge in [0.15, 0.2) is 0 Å². The summed E-state index contributed by atoms with van der Waals surface area (Å²) in [5.74, 6) is 1.64. The summed E-state index contributed by atoms with van der Waals surface area (Å²) in [7, 11) is 1.31. The first kappa shape index (κ1) is 11.2. The molecular weight excluding hydrogens is 150 g/mol. The monoisotopic (exact) mass is 173 g/mol. The second kappa shape index (κ2) is 5.78. The molecule has 0 unspecified atom stereocenters. The Bertz CT molecular complexity index is 81.6. The summed E-state index contributed by atoms with van der Waals surface area (Å²) >= 11 is 0. The largest absolute Gasteiger partial charge is 0.307 e. The lowest BCUT2D eigenvalue weighted by molar-refractivity contribution is 0.252. The van der Waals surface area contributed by atoms with Gasteiger partial charge in [-0.15, -0.1) is 0 Å². The maximum atomic E-state index is 2.58. The van der Waals surface area contributed by atoms with E-state index in [1.54, 1.807) is 0 Å². The highest BCUT2D eigenvalue weighted by Gasteiger charge is 2.05. The summed E-state index contributed by atoms with van der Waals surface area (Å²) < 4.78 is 0. The van der Waals surface area contributed by atoms with E-state index < -0.39 is 0 Å². The molecule has 68 valence electrons. The predicted molar refractivity (Wildman–Crippen MR) is 56.1 cm³/mol. The lowest BCUT2D eigenvalue weighted by Crippen LogP contribution is -2.32. The molecule has 0 aromatic rings. The molecule has 0 bridgehead atoms. The van der Waals surface area contributed by atoms with E-state index in [0.717, 1.165) is 11.8 Å². The van der Waals surface area contributed by atoms with E-state index in [1.807, 2.05) is 0 Å². The fourth-order valence-electron chi connectivity index (χ4n) is 1.37. The van der Waals surface area contributed by atoms with Gasteiger partial charge in [0.25, 0.3) is 0 Å². The second-order valence-corrected chi connectivity index (χ2v) is 4.77. The third-order valence-electron chi connectivity index (χ3n) is 1.69. The molecule has 0 N–H and O–H groups in total. The van der Waals surface area contributed by atoms with Crippen LogP contribution in [0, 0.1) is 11.8 Å². The average Bonchev–Trinajstić information content (AvgIpc) is 1.84. The lowest BCUT2D eigenvalue weighted by Gasteiger charge is -2.24. The fraction of sp³-hybridized carbons (Fsp3) is 1.00. The van der Waals surface area contributed by atoms with E-state index in [0.29, 0.717) is 0 Å². The van der Waals surface area contributed by atoms with E-state index in [1.165, 1.54) is 29.5 Å². The van der Waals surface area contributed by atoms with Gasteiger partial charge in [-0.2, -0.15) is 0 Å². The summed E-state index contributed by atoms with van der Waals surface area (Å²) in [4.78, 5) is 2.58. The summed E-state index contributed by atoms with van der Waals surface area (Å²) in [6.07, 6.45) is 1.33. The van der Waals surface area contributed by atoms with Gasteiger partial charge >= 0.3 is 0 Å². The Kier molecular flexibility index (Phi) is 5.87. The van der Waals surface area contributed by atoms with Crippen LogP contribution in [0.2, 0.25) is 0 Å². The highest BCUT2D eigenvalue weighted by Crippen LogP contribution is 2.01. The lowest BCUT2D eigenvalue weighted by atomic mass is 10.1. The van der Waals surface area contributed by atoms with Crippen molar-refractivity contribution in [2.24, 2.45) is 11.8 Å². The molecule has 0 spiro atoms. The van der Waals surface area contributed by atoms with Crippen LogP contribution in [0.5, 0.6) is 0 Å². The van der Waals surface area contributed by atoms with Gasteiger partial charge in [-0.25, -0.2) is 0 Å². The van der Waals surface area contributed by atoms with Crippen LogP contribution in [-0.2, 0) is 0 Å². The Morgan fingerprint density at radius 1 is 1.00 bits per heavy atom. The Labute approximate surface area is 74.6 Å². The molecule has 0 aromatic carbocycles. The molecule has 2 heteroatoms. The first-order valence-electron chi connectivity index (χ1n) is 4.78. The maximum Gasteiger partial charge on any atom is 0.0205 e. The van der Waals surface area contributed by atoms with Gasteiger partial charge in [0, 0.05) is 23.3 Å². The SMILES string of the molecule is CC(C)CN(C[SiH3])CC(C)C. The molecule has 0 saturated heterocycles. The van der Waals surface area contributed by atoms with Crippen LogP contribution in [0.1, 0.15) is 27.7 Å². The molecule has 0 fully saturated rings. The molecule has 0 aromatic heterocycles. The maximum absolute atomic E-state index is 2.58. The molecule has 0 aliphatic rings. The van der Waals surface area contributed by atoms with Crippen molar-refractivity contribution < 1.29 is 0 Å². The summed E-state index contributed by atoms with van der Waals surface area (Å²) in [5, 5.41) is 0. The quantitative estimate of drug-likeness (QED) is 0.559. The van der Waals surface area contributed by atoms with E-state index >= 15 is 0 Å². The van der Waals surface area contributed by atoms with Gasteiger partial charge in [0.1, 0.15) is 0 Å². The zero-order valence-corrected chi connectivity index (χ0v) is 10.7. The smallest absolute Gasteiger partial charge is 0.0205 e. The van der Waals surface area contributed by atoms with Crippen LogP contribution in [-0.4, -0.2) is 34.4 Å². The highest BCUT2D eigenvalue weighted by atomic mass is 28.1. The molecule has 0 aliphatic heterocycles. The predicted octanol–water partition coefficient (Wildman–Crippen LogP) is 0.923. The fourth-order valence-corrected chi connectivity index (χ4v) is 1.88. The van der Waals surface area contributed by atoms with Gasteiger partial charge in [-0.1, -0.05) is 27.7 Å². The van der Waals surface area contributed by atoms with E-state index in [4.69, 9.17) is 0 Å². The van der Waals surface area contributed by atoms with Crippen molar-refractivity contribution >= 4 is 10.2 Å². The van der Waals surface area contributed by atoms with Crippen LogP contribution in [0.15, 0.2) is 0 Å². The van der Waals surface area contributed by atoms with Crippen molar-refractivity contribution in [2.75, 3.05) is 19.3 Å². The third-order valence-corrected chi connectivity index (χ3v) is 2.59. The molecule has 0 saturated carbocycles. The Morgan fingerprint density at radius 3 is 1.55 bits per heavy atom. The standard InChI is InChI=1S/C9H23NSi/c1-8(2)5-10(7-11)6-9(3)4/h8-9H,5-7H2,1-4,11H3. The zero-order valence-electron chi connectivity index (χ0n) is 8.72. The number of nitrogens with zero attached hydrogens (tertiary/aromatic N) is 1. The molecule has 0 atom stereocenters. The Morgan fingerprint density at radius 2 is 1.36 bits per heavy atom. The molecule has 0 radical (unpaired) electrons. The van der Waals surface area contributed by atoms with Gasteiger partial charge in [-0.3, -0.25) is 0 Å². The van der Waals surface area contributed by atoms with Crippen LogP contribution in [0.4, 0.5) is 0 Å². The molecule has 11 heavy (non-hydrogen) atoms. The van der Waals surface area contributed by atoms with E-state index in [-0.39, 0.29) is 0 Å². The van der Waals surface area contributed by atoms with Crippen molar-refractivity contribution in [1.29, 1.82) is 0 Å². The molecular formula is C9H23NSi. The number of hydrogen-bond acceptors (Lipinski definition) is 1. The van der Waals surface area contributed by atoms with E-state index in [9.17, 15) is 0 Å². The summed E-state index contributed by atoms with van der Waals surface area (Å²) in [5.41, 5.74) is 0. The van der Waals surface area contributed by atoms with Crippen molar-refractivity contribution in [2.45, 2.75) is 27.7 Å². The minimum absolute atomic E-state index is 0.822. The second-order valence-electron chi connectivity index (χ2n) is 4.14. The average molecular weight is 173 g/mol. The van der Waals surface area contributed by atoms with Crippen molar-refractivity contribution in [3.63, 3.8) is 0 Å². The summed E-state index contributed by atoms with van der Waals surface area (Å²) in [6, 6.07) is 0. The minimum atomic E-state index is 0.822. The van der Waals surface area contributed by atoms with Crippen molar-refractivity contribution in [1.82, 2.24) is 4.90 Å². The molecule has 0 aliphatic carbocycles. The van der Waals surface area contributed by atoms with Crippen LogP contribution in [0.25, 0.3) is 0 Å².